The molecule has 0 spiro atoms. The number of piperidine rings is 1. The zero-order valence-electron chi connectivity index (χ0n) is 11.9. The van der Waals surface area contributed by atoms with E-state index < -0.39 is 0 Å². The van der Waals surface area contributed by atoms with Gasteiger partial charge in [-0.25, -0.2) is 0 Å². The Bertz CT molecular complexity index is 439. The molecule has 1 aromatic carbocycles. The molecule has 1 atom stereocenters. The van der Waals surface area contributed by atoms with E-state index in [-0.39, 0.29) is 18.3 Å². The lowest BCUT2D eigenvalue weighted by Crippen LogP contribution is -2.38. The zero-order valence-corrected chi connectivity index (χ0v) is 14.3. The zero-order chi connectivity index (χ0) is 14.2. The summed E-state index contributed by atoms with van der Waals surface area (Å²) in [4.78, 5) is 12.8. The number of halogens is 2. The highest BCUT2D eigenvalue weighted by Crippen LogP contribution is 2.26. The minimum Gasteiger partial charge on any atom is -0.356 e. The molecule has 1 aliphatic heterocycles. The Kier molecular flexibility index (Phi) is 9.16. The molecule has 1 unspecified atom stereocenters. The van der Waals surface area contributed by atoms with Gasteiger partial charge in [-0.15, -0.1) is 24.2 Å². The van der Waals surface area contributed by atoms with Crippen molar-refractivity contribution in [2.75, 3.05) is 25.4 Å². The van der Waals surface area contributed by atoms with Crippen LogP contribution in [0, 0.1) is 5.92 Å². The second-order valence-electron chi connectivity index (χ2n) is 5.05. The minimum atomic E-state index is 0. The molecule has 118 valence electrons. The van der Waals surface area contributed by atoms with Gasteiger partial charge in [-0.3, -0.25) is 4.79 Å². The third-order valence-electron chi connectivity index (χ3n) is 3.41. The number of thioether (sulfide) groups is 1. The molecule has 2 rings (SSSR count). The highest BCUT2D eigenvalue weighted by molar-refractivity contribution is 7.99. The highest BCUT2D eigenvalue weighted by Gasteiger charge is 2.13. The Balaban J connectivity index is 0.00000220. The van der Waals surface area contributed by atoms with Crippen LogP contribution in [0.15, 0.2) is 29.2 Å². The van der Waals surface area contributed by atoms with Gasteiger partial charge < -0.3 is 10.6 Å². The van der Waals surface area contributed by atoms with Gasteiger partial charge in [-0.05, 0) is 44.0 Å². The fraction of sp³-hybridized carbons (Fsp3) is 0.533. The molecule has 3 nitrogen and oxygen atoms in total. The molecule has 0 saturated carbocycles. The van der Waals surface area contributed by atoms with Crippen molar-refractivity contribution in [1.82, 2.24) is 10.6 Å². The maximum absolute atomic E-state index is 11.8. The number of carbonyl (C=O) groups is 1. The Hall–Kier alpha value is -0.420. The number of amides is 1. The monoisotopic (exact) mass is 348 g/mol. The van der Waals surface area contributed by atoms with Crippen molar-refractivity contribution in [3.8, 4) is 0 Å². The summed E-state index contributed by atoms with van der Waals surface area (Å²) in [6, 6.07) is 7.74. The van der Waals surface area contributed by atoms with E-state index in [2.05, 4.69) is 10.6 Å². The number of rotatable bonds is 6. The molecule has 1 aromatic rings. The van der Waals surface area contributed by atoms with E-state index in [4.69, 9.17) is 11.6 Å². The summed E-state index contributed by atoms with van der Waals surface area (Å²) >= 11 is 7.71. The van der Waals surface area contributed by atoms with E-state index in [0.29, 0.717) is 12.3 Å². The maximum Gasteiger partial charge on any atom is 0.220 e. The Labute approximate surface area is 142 Å². The van der Waals surface area contributed by atoms with Crippen molar-refractivity contribution >= 4 is 41.7 Å². The summed E-state index contributed by atoms with van der Waals surface area (Å²) in [5, 5.41) is 7.14. The van der Waals surface area contributed by atoms with Crippen LogP contribution in [-0.4, -0.2) is 31.3 Å². The van der Waals surface area contributed by atoms with Crippen LogP contribution in [0.3, 0.4) is 0 Å². The molecule has 1 fully saturated rings. The van der Waals surface area contributed by atoms with Crippen molar-refractivity contribution in [2.45, 2.75) is 24.2 Å². The second kappa shape index (κ2) is 10.3. The lowest BCUT2D eigenvalue weighted by atomic mass is 10.00. The fourth-order valence-corrected chi connectivity index (χ4v) is 3.45. The Morgan fingerprint density at radius 3 is 2.95 bits per heavy atom. The number of benzene rings is 1. The summed E-state index contributed by atoms with van der Waals surface area (Å²) in [6.07, 6.45) is 2.96. The van der Waals surface area contributed by atoms with E-state index in [1.165, 1.54) is 12.8 Å². The first-order valence-corrected chi connectivity index (χ1v) is 8.47. The van der Waals surface area contributed by atoms with Gasteiger partial charge in [-0.2, -0.15) is 0 Å². The first kappa shape index (κ1) is 18.6. The highest BCUT2D eigenvalue weighted by atomic mass is 35.5. The molecule has 0 aromatic heterocycles. The van der Waals surface area contributed by atoms with Gasteiger partial charge in [0.15, 0.2) is 0 Å². The van der Waals surface area contributed by atoms with Crippen LogP contribution in [-0.2, 0) is 4.79 Å². The van der Waals surface area contributed by atoms with E-state index in [9.17, 15) is 4.79 Å². The predicted molar refractivity (Wildman–Crippen MR) is 92.6 cm³/mol. The quantitative estimate of drug-likeness (QED) is 0.774. The molecule has 1 aliphatic rings. The normalized spacial score (nSPS) is 17.9. The first-order valence-electron chi connectivity index (χ1n) is 7.10. The first-order chi connectivity index (χ1) is 9.75. The third-order valence-corrected chi connectivity index (χ3v) is 4.93. The number of hydrogen-bond acceptors (Lipinski definition) is 3. The van der Waals surface area contributed by atoms with Gasteiger partial charge in [0.1, 0.15) is 0 Å². The van der Waals surface area contributed by atoms with Crippen LogP contribution in [0.4, 0.5) is 0 Å². The molecular weight excluding hydrogens is 327 g/mol. The van der Waals surface area contributed by atoms with E-state index >= 15 is 0 Å². The van der Waals surface area contributed by atoms with Crippen molar-refractivity contribution in [1.29, 1.82) is 0 Å². The van der Waals surface area contributed by atoms with Gasteiger partial charge in [-0.1, -0.05) is 23.7 Å². The van der Waals surface area contributed by atoms with E-state index in [0.717, 1.165) is 35.3 Å². The van der Waals surface area contributed by atoms with Crippen molar-refractivity contribution in [3.63, 3.8) is 0 Å². The summed E-state index contributed by atoms with van der Waals surface area (Å²) in [5.74, 6) is 1.48. The molecule has 0 bridgehead atoms. The Morgan fingerprint density at radius 1 is 1.43 bits per heavy atom. The van der Waals surface area contributed by atoms with E-state index in [1.807, 2.05) is 24.3 Å². The van der Waals surface area contributed by atoms with Gasteiger partial charge in [0, 0.05) is 23.6 Å². The van der Waals surface area contributed by atoms with Crippen LogP contribution in [0.5, 0.6) is 0 Å². The number of nitrogens with one attached hydrogen (secondary N) is 2. The third kappa shape index (κ3) is 6.92. The van der Waals surface area contributed by atoms with Crippen LogP contribution in [0.1, 0.15) is 19.3 Å². The molecule has 0 radical (unpaired) electrons. The van der Waals surface area contributed by atoms with Gasteiger partial charge in [0.05, 0.1) is 5.02 Å². The maximum atomic E-state index is 11.8. The van der Waals surface area contributed by atoms with Crippen molar-refractivity contribution in [2.24, 2.45) is 5.92 Å². The molecule has 1 amide bonds. The smallest absolute Gasteiger partial charge is 0.220 e. The van der Waals surface area contributed by atoms with Crippen LogP contribution >= 0.6 is 35.8 Å². The second-order valence-corrected chi connectivity index (χ2v) is 6.59. The average molecular weight is 349 g/mol. The van der Waals surface area contributed by atoms with Crippen LogP contribution < -0.4 is 10.6 Å². The lowest BCUT2D eigenvalue weighted by Gasteiger charge is -2.22. The Morgan fingerprint density at radius 2 is 2.24 bits per heavy atom. The summed E-state index contributed by atoms with van der Waals surface area (Å²) < 4.78 is 0. The largest absolute Gasteiger partial charge is 0.356 e. The van der Waals surface area contributed by atoms with Crippen molar-refractivity contribution < 1.29 is 4.79 Å². The standard InChI is InChI=1S/C15H21ClN2OS.ClH/c16-13-5-1-2-6-14(13)20-9-7-15(19)18-11-12-4-3-8-17-10-12;/h1-2,5-6,12,17H,3-4,7-11H2,(H,18,19);1H. The fourth-order valence-electron chi connectivity index (χ4n) is 2.26. The summed E-state index contributed by atoms with van der Waals surface area (Å²) in [7, 11) is 0. The van der Waals surface area contributed by atoms with Gasteiger partial charge >= 0.3 is 0 Å². The lowest BCUT2D eigenvalue weighted by molar-refractivity contribution is -0.120. The topological polar surface area (TPSA) is 41.1 Å². The average Bonchev–Trinajstić information content (AvgIpc) is 2.48. The van der Waals surface area contributed by atoms with Gasteiger partial charge in [0.25, 0.3) is 0 Å². The minimum absolute atomic E-state index is 0. The molecular formula is C15H22Cl2N2OS. The van der Waals surface area contributed by atoms with Crippen LogP contribution in [0.25, 0.3) is 0 Å². The number of carbonyl (C=O) groups excluding carboxylic acids is 1. The van der Waals surface area contributed by atoms with E-state index in [1.54, 1.807) is 11.8 Å². The summed E-state index contributed by atoms with van der Waals surface area (Å²) in [5.41, 5.74) is 0. The molecule has 0 aliphatic carbocycles. The molecule has 21 heavy (non-hydrogen) atoms. The van der Waals surface area contributed by atoms with Crippen LogP contribution in [0.2, 0.25) is 5.02 Å². The summed E-state index contributed by atoms with van der Waals surface area (Å²) in [6.45, 7) is 2.93. The predicted octanol–water partition coefficient (Wildman–Crippen LogP) is 3.36. The number of hydrogen-bond donors (Lipinski definition) is 2. The van der Waals surface area contributed by atoms with Crippen molar-refractivity contribution in [3.05, 3.63) is 29.3 Å². The molecule has 2 N–H and O–H groups in total. The SMILES string of the molecule is Cl.O=C(CCSc1ccccc1Cl)NCC1CCCNC1. The molecule has 1 saturated heterocycles. The van der Waals surface area contributed by atoms with Gasteiger partial charge in [0.2, 0.25) is 5.91 Å². The molecule has 6 heteroatoms. The molecule has 1 heterocycles.